The maximum absolute atomic E-state index is 11.1. The Balaban J connectivity index is 2.52. The number of nitrogens with zero attached hydrogens (tertiary/aromatic N) is 3. The van der Waals surface area contributed by atoms with Gasteiger partial charge in [0.2, 0.25) is 5.95 Å². The van der Waals surface area contributed by atoms with E-state index in [1.807, 2.05) is 0 Å². The fourth-order valence-corrected chi connectivity index (χ4v) is 2.74. The van der Waals surface area contributed by atoms with Crippen molar-refractivity contribution in [1.82, 2.24) is 9.97 Å². The van der Waals surface area contributed by atoms with E-state index >= 15 is 0 Å². The summed E-state index contributed by atoms with van der Waals surface area (Å²) in [6.07, 6.45) is 0. The third-order valence-corrected chi connectivity index (χ3v) is 3.88. The summed E-state index contributed by atoms with van der Waals surface area (Å²) in [6, 6.07) is 7.02. The number of nitrogens with two attached hydrogens (primary N) is 1. The number of halogens is 1. The molecule has 0 radical (unpaired) electrons. The van der Waals surface area contributed by atoms with Gasteiger partial charge in [-0.15, -0.1) is 0 Å². The number of nitrogen functional groups attached to an aromatic ring is 1. The van der Waals surface area contributed by atoms with Crippen molar-refractivity contribution in [1.29, 1.82) is 0 Å². The van der Waals surface area contributed by atoms with Crippen molar-refractivity contribution in [3.8, 4) is 0 Å². The van der Waals surface area contributed by atoms with Gasteiger partial charge >= 0.3 is 5.69 Å². The van der Waals surface area contributed by atoms with Crippen LogP contribution in [0, 0.1) is 17.0 Å². The van der Waals surface area contributed by atoms with Gasteiger partial charge < -0.3 is 0 Å². The summed E-state index contributed by atoms with van der Waals surface area (Å²) >= 11 is 7.14. The summed E-state index contributed by atoms with van der Waals surface area (Å²) in [4.78, 5) is 19.2. The monoisotopic (exact) mass is 311 g/mol. The second kappa shape index (κ2) is 6.04. The summed E-state index contributed by atoms with van der Waals surface area (Å²) in [7, 11) is 0. The Bertz CT molecular complexity index is 667. The third-order valence-electron chi connectivity index (χ3n) is 2.38. The quantitative estimate of drug-likeness (QED) is 0.387. The number of aryl methyl sites for hydroxylation is 1. The van der Waals surface area contributed by atoms with Gasteiger partial charge in [0.25, 0.3) is 0 Å². The van der Waals surface area contributed by atoms with Gasteiger partial charge in [-0.1, -0.05) is 35.5 Å². The molecule has 0 amide bonds. The van der Waals surface area contributed by atoms with Gasteiger partial charge in [-0.25, -0.2) is 10.8 Å². The molecule has 0 spiro atoms. The predicted molar refractivity (Wildman–Crippen MR) is 76.8 cm³/mol. The normalized spacial score (nSPS) is 10.3. The molecule has 104 valence electrons. The zero-order valence-corrected chi connectivity index (χ0v) is 11.9. The SMILES string of the molecule is Cc1nc(NN)nc(Sc2ccccc2Cl)c1[N+](=O)[O-]. The first-order valence-electron chi connectivity index (χ1n) is 5.45. The Hall–Kier alpha value is -1.90. The molecule has 3 N–H and O–H groups in total. The van der Waals surface area contributed by atoms with Crippen LogP contribution in [0.1, 0.15) is 5.69 Å². The largest absolute Gasteiger partial charge is 0.322 e. The number of hydrogen-bond donors (Lipinski definition) is 2. The topological polar surface area (TPSA) is 107 Å². The summed E-state index contributed by atoms with van der Waals surface area (Å²) in [5.74, 6) is 5.37. The van der Waals surface area contributed by atoms with Crippen molar-refractivity contribution in [3.05, 3.63) is 45.1 Å². The maximum atomic E-state index is 11.1. The third kappa shape index (κ3) is 2.98. The van der Waals surface area contributed by atoms with E-state index in [2.05, 4.69) is 15.4 Å². The molecule has 0 aliphatic heterocycles. The number of anilines is 1. The maximum Gasteiger partial charge on any atom is 0.322 e. The molecular weight excluding hydrogens is 302 g/mol. The van der Waals surface area contributed by atoms with Crippen LogP contribution in [0.2, 0.25) is 5.02 Å². The van der Waals surface area contributed by atoms with Crippen LogP contribution in [-0.4, -0.2) is 14.9 Å². The van der Waals surface area contributed by atoms with Gasteiger partial charge in [-0.05, 0) is 19.1 Å². The molecule has 1 heterocycles. The van der Waals surface area contributed by atoms with E-state index in [0.29, 0.717) is 9.92 Å². The highest BCUT2D eigenvalue weighted by atomic mass is 35.5. The average Bonchev–Trinajstić information content (AvgIpc) is 2.40. The first-order valence-corrected chi connectivity index (χ1v) is 6.64. The van der Waals surface area contributed by atoms with Crippen LogP contribution in [-0.2, 0) is 0 Å². The average molecular weight is 312 g/mol. The van der Waals surface area contributed by atoms with E-state index in [9.17, 15) is 10.1 Å². The van der Waals surface area contributed by atoms with Gasteiger partial charge in [0.05, 0.1) is 9.95 Å². The van der Waals surface area contributed by atoms with Crippen LogP contribution < -0.4 is 11.3 Å². The molecular formula is C11H10ClN5O2S. The van der Waals surface area contributed by atoms with Crippen molar-refractivity contribution in [3.63, 3.8) is 0 Å². The molecule has 0 atom stereocenters. The van der Waals surface area contributed by atoms with E-state index in [1.54, 1.807) is 24.3 Å². The Morgan fingerprint density at radius 1 is 1.40 bits per heavy atom. The number of aromatic nitrogens is 2. The highest BCUT2D eigenvalue weighted by molar-refractivity contribution is 7.99. The van der Waals surface area contributed by atoms with Gasteiger partial charge in [-0.3, -0.25) is 15.5 Å². The summed E-state index contributed by atoms with van der Waals surface area (Å²) in [6.45, 7) is 1.53. The Morgan fingerprint density at radius 2 is 2.10 bits per heavy atom. The van der Waals surface area contributed by atoms with Crippen molar-refractivity contribution in [2.45, 2.75) is 16.8 Å². The summed E-state index contributed by atoms with van der Waals surface area (Å²) in [5, 5.41) is 11.8. The van der Waals surface area contributed by atoms with E-state index in [-0.39, 0.29) is 22.4 Å². The smallest absolute Gasteiger partial charge is 0.292 e. The minimum atomic E-state index is -0.519. The number of nitro groups is 1. The molecule has 0 aliphatic carbocycles. The predicted octanol–water partition coefficient (Wildman–Crippen LogP) is 2.78. The van der Waals surface area contributed by atoms with Crippen LogP contribution in [0.5, 0.6) is 0 Å². The first kappa shape index (κ1) is 14.5. The van der Waals surface area contributed by atoms with E-state index < -0.39 is 4.92 Å². The number of nitrogens with one attached hydrogen (secondary N) is 1. The Kier molecular flexibility index (Phi) is 4.38. The molecule has 0 fully saturated rings. The van der Waals surface area contributed by atoms with Crippen LogP contribution in [0.4, 0.5) is 11.6 Å². The van der Waals surface area contributed by atoms with Crippen molar-refractivity contribution in [2.24, 2.45) is 5.84 Å². The minimum absolute atomic E-state index is 0.114. The van der Waals surface area contributed by atoms with Crippen LogP contribution in [0.3, 0.4) is 0 Å². The zero-order chi connectivity index (χ0) is 14.7. The lowest BCUT2D eigenvalue weighted by Gasteiger charge is -2.07. The summed E-state index contributed by atoms with van der Waals surface area (Å²) < 4.78 is 0. The highest BCUT2D eigenvalue weighted by Gasteiger charge is 2.23. The molecule has 0 unspecified atom stereocenters. The molecule has 7 nitrogen and oxygen atoms in total. The van der Waals surface area contributed by atoms with Gasteiger partial charge in [0.1, 0.15) is 5.69 Å². The summed E-state index contributed by atoms with van der Waals surface area (Å²) in [5.41, 5.74) is 2.35. The van der Waals surface area contributed by atoms with Gasteiger partial charge in [0, 0.05) is 4.90 Å². The van der Waals surface area contributed by atoms with E-state index in [1.165, 1.54) is 6.92 Å². The van der Waals surface area contributed by atoms with E-state index in [4.69, 9.17) is 17.4 Å². The number of hydrazine groups is 1. The number of rotatable bonds is 4. The number of benzene rings is 1. The van der Waals surface area contributed by atoms with E-state index in [0.717, 1.165) is 11.8 Å². The Morgan fingerprint density at radius 3 is 2.70 bits per heavy atom. The van der Waals surface area contributed by atoms with Crippen LogP contribution in [0.25, 0.3) is 0 Å². The molecule has 2 rings (SSSR count). The molecule has 1 aromatic heterocycles. The van der Waals surface area contributed by atoms with Gasteiger partial charge in [0.15, 0.2) is 5.03 Å². The lowest BCUT2D eigenvalue weighted by atomic mass is 10.4. The van der Waals surface area contributed by atoms with Crippen molar-refractivity contribution < 1.29 is 4.92 Å². The highest BCUT2D eigenvalue weighted by Crippen LogP contribution is 2.38. The standard InChI is InChI=1S/C11H10ClN5O2S/c1-6-9(17(18)19)10(15-11(14-6)16-13)20-8-5-3-2-4-7(8)12/h2-5H,13H2,1H3,(H,14,15,16). The molecule has 0 aliphatic rings. The van der Waals surface area contributed by atoms with Crippen LogP contribution in [0.15, 0.2) is 34.2 Å². The van der Waals surface area contributed by atoms with Crippen molar-refractivity contribution in [2.75, 3.05) is 5.43 Å². The molecule has 0 bridgehead atoms. The fraction of sp³-hybridized carbons (Fsp3) is 0.0909. The second-order valence-corrected chi connectivity index (χ2v) is 5.16. The molecule has 1 aromatic carbocycles. The molecule has 20 heavy (non-hydrogen) atoms. The second-order valence-electron chi connectivity index (χ2n) is 3.72. The zero-order valence-electron chi connectivity index (χ0n) is 10.3. The Labute approximate surface area is 123 Å². The lowest BCUT2D eigenvalue weighted by molar-refractivity contribution is -0.389. The van der Waals surface area contributed by atoms with Crippen LogP contribution >= 0.6 is 23.4 Å². The minimum Gasteiger partial charge on any atom is -0.292 e. The first-order chi connectivity index (χ1) is 9.52. The fourth-order valence-electron chi connectivity index (χ4n) is 1.52. The molecule has 9 heteroatoms. The molecule has 0 saturated heterocycles. The number of hydrogen-bond acceptors (Lipinski definition) is 7. The molecule has 2 aromatic rings. The molecule has 0 saturated carbocycles. The van der Waals surface area contributed by atoms with Crippen molar-refractivity contribution >= 4 is 35.0 Å². The van der Waals surface area contributed by atoms with Gasteiger partial charge in [-0.2, -0.15) is 4.98 Å². The lowest BCUT2D eigenvalue weighted by Crippen LogP contribution is -2.12.